The van der Waals surface area contributed by atoms with E-state index in [0.29, 0.717) is 24.9 Å². The summed E-state index contributed by atoms with van der Waals surface area (Å²) < 4.78 is 23.8. The first-order valence-corrected chi connectivity index (χ1v) is 22.6. The Labute approximate surface area is 393 Å². The molecule has 68 heavy (non-hydrogen) atoms. The van der Waals surface area contributed by atoms with Crippen molar-refractivity contribution in [2.45, 2.75) is 65.0 Å². The molecule has 0 bridgehead atoms. The molecule has 340 valence electrons. The average Bonchev–Trinajstić information content (AvgIpc) is 4.15. The molecule has 0 amide bonds. The summed E-state index contributed by atoms with van der Waals surface area (Å²) in [5.74, 6) is 4.32. The van der Waals surface area contributed by atoms with Crippen LogP contribution in [0.2, 0.25) is 0 Å². The highest BCUT2D eigenvalue weighted by Crippen LogP contribution is 2.24. The minimum Gasteiger partial charge on any atom is -0.487 e. The van der Waals surface area contributed by atoms with Crippen LogP contribution in [-0.4, -0.2) is 51.2 Å². The van der Waals surface area contributed by atoms with Crippen LogP contribution in [0.4, 0.5) is 0 Å². The number of pyridine rings is 2. The van der Waals surface area contributed by atoms with E-state index in [9.17, 15) is 0 Å². The quantitative estimate of drug-likeness (QED) is 0.0836. The van der Waals surface area contributed by atoms with E-state index >= 15 is 0 Å². The molecular weight excluding hydrogens is 853 g/mol. The second kappa shape index (κ2) is 22.1. The zero-order chi connectivity index (χ0) is 46.3. The summed E-state index contributed by atoms with van der Waals surface area (Å²) in [6, 6.07) is 57.1. The van der Waals surface area contributed by atoms with Gasteiger partial charge in [0.2, 0.25) is 11.6 Å². The first-order chi connectivity index (χ1) is 33.5. The maximum Gasteiger partial charge on any atom is 0.214 e. The number of hydrogen-bond acceptors (Lipinski definition) is 12. The van der Waals surface area contributed by atoms with Crippen molar-refractivity contribution in [3.05, 3.63) is 215 Å². The van der Waals surface area contributed by atoms with Crippen LogP contribution in [0.1, 0.15) is 71.3 Å². The fourth-order valence-corrected chi connectivity index (χ4v) is 7.52. The van der Waals surface area contributed by atoms with Gasteiger partial charge in [0.15, 0.2) is 12.2 Å². The van der Waals surface area contributed by atoms with Gasteiger partial charge in [0.05, 0.1) is 22.4 Å². The maximum absolute atomic E-state index is 6.02. The summed E-state index contributed by atoms with van der Waals surface area (Å²) in [7, 11) is 0. The Morgan fingerprint density at radius 1 is 0.412 bits per heavy atom. The minimum absolute atomic E-state index is 0.267. The van der Waals surface area contributed by atoms with Crippen molar-refractivity contribution in [3.8, 4) is 23.0 Å². The number of benzene rings is 6. The van der Waals surface area contributed by atoms with Crippen LogP contribution in [0.3, 0.4) is 0 Å². The van der Waals surface area contributed by atoms with E-state index < -0.39 is 0 Å². The molecule has 2 atom stereocenters. The van der Waals surface area contributed by atoms with Crippen LogP contribution in [0.25, 0.3) is 21.8 Å². The lowest BCUT2D eigenvalue weighted by molar-refractivity contribution is 0.216. The number of aryl methyl sites for hydroxylation is 4. The Morgan fingerprint density at radius 2 is 0.868 bits per heavy atom. The van der Waals surface area contributed by atoms with Crippen LogP contribution in [-0.2, 0) is 38.9 Å². The van der Waals surface area contributed by atoms with Gasteiger partial charge in [-0.3, -0.25) is 0 Å². The number of aromatic nitrogens is 10. The number of aromatic amines is 2. The molecule has 10 rings (SSSR count). The van der Waals surface area contributed by atoms with E-state index in [1.165, 1.54) is 22.3 Å². The van der Waals surface area contributed by atoms with Gasteiger partial charge in [0.1, 0.15) is 36.2 Å². The number of tetrazole rings is 2. The molecule has 0 aliphatic carbocycles. The van der Waals surface area contributed by atoms with Gasteiger partial charge in [0, 0.05) is 10.8 Å². The Balaban J connectivity index is 0.000000170. The Hall–Kier alpha value is -8.52. The minimum atomic E-state index is -0.272. The van der Waals surface area contributed by atoms with Crippen molar-refractivity contribution in [2.75, 3.05) is 0 Å². The van der Waals surface area contributed by atoms with E-state index in [0.717, 1.165) is 81.9 Å². The highest BCUT2D eigenvalue weighted by atomic mass is 16.5. The van der Waals surface area contributed by atoms with Gasteiger partial charge in [-0.2, -0.15) is 10.4 Å². The fourth-order valence-electron chi connectivity index (χ4n) is 7.52. The monoisotopic (exact) mass is 902 g/mol. The molecule has 14 heteroatoms. The largest absolute Gasteiger partial charge is 0.487 e. The van der Waals surface area contributed by atoms with Gasteiger partial charge in [0.25, 0.3) is 0 Å². The first kappa shape index (κ1) is 44.7. The van der Waals surface area contributed by atoms with Gasteiger partial charge < -0.3 is 18.9 Å². The first-order valence-electron chi connectivity index (χ1n) is 22.6. The molecule has 10 aromatic rings. The Bertz CT molecular complexity index is 3130. The third kappa shape index (κ3) is 12.4. The van der Waals surface area contributed by atoms with Crippen molar-refractivity contribution in [1.29, 1.82) is 0 Å². The summed E-state index contributed by atoms with van der Waals surface area (Å²) in [5, 5.41) is 30.2. The number of ether oxygens (including phenoxy) is 4. The molecule has 2 N–H and O–H groups in total. The fraction of sp³-hybridized carbons (Fsp3) is 0.185. The van der Waals surface area contributed by atoms with E-state index in [-0.39, 0.29) is 12.2 Å². The molecule has 4 heterocycles. The van der Waals surface area contributed by atoms with Crippen LogP contribution >= 0.6 is 0 Å². The third-order valence-corrected chi connectivity index (χ3v) is 11.2. The summed E-state index contributed by atoms with van der Waals surface area (Å²) in [5.41, 5.74) is 8.73. The Kier molecular flexibility index (Phi) is 14.5. The third-order valence-electron chi connectivity index (χ3n) is 11.2. The smallest absolute Gasteiger partial charge is 0.214 e. The summed E-state index contributed by atoms with van der Waals surface area (Å²) in [4.78, 5) is 9.34. The molecule has 0 aliphatic rings. The van der Waals surface area contributed by atoms with Crippen molar-refractivity contribution >= 4 is 21.8 Å². The number of fused-ring (bicyclic) bond motifs is 2. The zero-order valence-electron chi connectivity index (χ0n) is 37.8. The highest BCUT2D eigenvalue weighted by Gasteiger charge is 2.14. The van der Waals surface area contributed by atoms with Crippen LogP contribution < -0.4 is 18.9 Å². The van der Waals surface area contributed by atoms with Crippen molar-refractivity contribution in [2.24, 2.45) is 0 Å². The van der Waals surface area contributed by atoms with Gasteiger partial charge in [-0.1, -0.05) is 107 Å². The molecule has 4 aromatic heterocycles. The Morgan fingerprint density at radius 3 is 1.40 bits per heavy atom. The molecule has 0 radical (unpaired) electrons. The van der Waals surface area contributed by atoms with Gasteiger partial charge in [-0.15, -0.1) is 20.4 Å². The van der Waals surface area contributed by atoms with E-state index in [1.54, 1.807) is 0 Å². The summed E-state index contributed by atoms with van der Waals surface area (Å²) in [6.07, 6.45) is 3.15. The number of hydrogen-bond donors (Lipinski definition) is 2. The van der Waals surface area contributed by atoms with Crippen LogP contribution in [0, 0.1) is 0 Å². The van der Waals surface area contributed by atoms with Gasteiger partial charge >= 0.3 is 0 Å². The molecule has 6 aromatic carbocycles. The molecule has 14 nitrogen and oxygen atoms in total. The van der Waals surface area contributed by atoms with Crippen molar-refractivity contribution < 1.29 is 18.9 Å². The normalized spacial score (nSPS) is 11.9. The molecule has 0 saturated heterocycles. The van der Waals surface area contributed by atoms with E-state index in [2.05, 4.69) is 124 Å². The summed E-state index contributed by atoms with van der Waals surface area (Å²) >= 11 is 0. The molecule has 0 spiro atoms. The number of nitrogens with zero attached hydrogens (tertiary/aromatic N) is 8. The SMILES string of the molecule is CC(Oc1ccc(CCc2cccc(OCc3ccc4ccccc4n3)c2)cc1)c1nn[nH]n1.CC(Oc1cccc(CCc2ccc(OCc3ccc4ccccc4n3)cc2)c1)c1nn[nH]n1. The average molecular weight is 903 g/mol. The van der Waals surface area contributed by atoms with Crippen LogP contribution in [0.15, 0.2) is 170 Å². The maximum atomic E-state index is 6.02. The lowest BCUT2D eigenvalue weighted by atomic mass is 10.0. The lowest BCUT2D eigenvalue weighted by Gasteiger charge is -2.12. The number of para-hydroxylation sites is 2. The highest BCUT2D eigenvalue weighted by molar-refractivity contribution is 5.79. The van der Waals surface area contributed by atoms with E-state index in [1.807, 2.05) is 111 Å². The predicted octanol–water partition coefficient (Wildman–Crippen LogP) is 10.5. The predicted molar refractivity (Wildman–Crippen MR) is 259 cm³/mol. The number of H-pyrrole nitrogens is 2. The molecule has 2 unspecified atom stereocenters. The van der Waals surface area contributed by atoms with E-state index in [4.69, 9.17) is 18.9 Å². The summed E-state index contributed by atoms with van der Waals surface area (Å²) in [6.45, 7) is 4.68. The van der Waals surface area contributed by atoms with Crippen molar-refractivity contribution in [1.82, 2.24) is 51.2 Å². The zero-order valence-corrected chi connectivity index (χ0v) is 37.8. The number of nitrogens with one attached hydrogen (secondary N) is 2. The lowest BCUT2D eigenvalue weighted by Crippen LogP contribution is -2.05. The van der Waals surface area contributed by atoms with Gasteiger partial charge in [-0.25, -0.2) is 9.97 Å². The molecule has 0 saturated carbocycles. The number of rotatable bonds is 18. The topological polar surface area (TPSA) is 172 Å². The second-order valence-corrected chi connectivity index (χ2v) is 16.2. The standard InChI is InChI=1S/2C27H25N5O2/c1-19(27-29-31-32-30-27)34-24-15-11-20(12-16-24)9-10-21-5-4-7-25(17-21)33-18-23-14-13-22-6-2-3-8-26(22)28-23;1-19(27-29-31-32-30-27)34-25-7-4-5-21(17-25)10-9-20-11-15-24(16-12-20)33-18-23-14-13-22-6-2-3-8-26(22)28-23/h2*2-8,11-17,19H,9-10,18H2,1H3,(H,29,30,31,32). The van der Waals surface area contributed by atoms with Crippen molar-refractivity contribution in [3.63, 3.8) is 0 Å². The van der Waals surface area contributed by atoms with Gasteiger partial charge in [-0.05, 0) is 135 Å². The molecule has 0 aliphatic heterocycles. The van der Waals surface area contributed by atoms with Crippen LogP contribution in [0.5, 0.6) is 23.0 Å². The molecular formula is C54H50N10O4. The second-order valence-electron chi connectivity index (χ2n) is 16.2. The molecule has 0 fully saturated rings.